The van der Waals surface area contributed by atoms with Crippen LogP contribution >= 0.6 is 11.3 Å². The van der Waals surface area contributed by atoms with Crippen molar-refractivity contribution < 1.29 is 13.9 Å². The molecule has 180 valence electrons. The van der Waals surface area contributed by atoms with Gasteiger partial charge in [0.1, 0.15) is 5.82 Å². The van der Waals surface area contributed by atoms with Gasteiger partial charge in [0, 0.05) is 43.7 Å². The van der Waals surface area contributed by atoms with Gasteiger partial charge in [-0.15, -0.1) is 11.3 Å². The monoisotopic (exact) mass is 482 g/mol. The van der Waals surface area contributed by atoms with Gasteiger partial charge in [-0.1, -0.05) is 19.1 Å². The summed E-state index contributed by atoms with van der Waals surface area (Å²) in [7, 11) is 0. The summed E-state index contributed by atoms with van der Waals surface area (Å²) in [6.45, 7) is 6.67. The van der Waals surface area contributed by atoms with Crippen LogP contribution in [0.5, 0.6) is 0 Å². The quantitative estimate of drug-likeness (QED) is 0.449. The van der Waals surface area contributed by atoms with E-state index in [1.807, 2.05) is 6.92 Å². The summed E-state index contributed by atoms with van der Waals surface area (Å²) in [4.78, 5) is 19.8. The number of carbonyl (C=O) groups is 1. The second-order valence-corrected chi connectivity index (χ2v) is 9.08. The van der Waals surface area contributed by atoms with Crippen molar-refractivity contribution in [2.75, 3.05) is 37.7 Å². The lowest BCUT2D eigenvalue weighted by atomic mass is 10.1. The molecule has 0 spiro atoms. The van der Waals surface area contributed by atoms with Crippen molar-refractivity contribution in [2.24, 2.45) is 4.99 Å². The molecule has 1 N–H and O–H groups in total. The number of aromatic nitrogens is 1. The first-order valence-electron chi connectivity index (χ1n) is 11.8. The van der Waals surface area contributed by atoms with Gasteiger partial charge in [0.05, 0.1) is 24.6 Å². The molecule has 2 heterocycles. The van der Waals surface area contributed by atoms with Gasteiger partial charge in [-0.2, -0.15) is 0 Å². The average molecular weight is 483 g/mol. The highest BCUT2D eigenvalue weighted by molar-refractivity contribution is 7.07. The van der Waals surface area contributed by atoms with Crippen molar-refractivity contribution in [3.63, 3.8) is 0 Å². The summed E-state index contributed by atoms with van der Waals surface area (Å²) in [6, 6.07) is 14.8. The number of amides is 1. The first-order valence-corrected chi connectivity index (χ1v) is 12.7. The topological polar surface area (TPSA) is 58.9 Å². The Bertz CT molecular complexity index is 1130. The van der Waals surface area contributed by atoms with Crippen LogP contribution in [0.15, 0.2) is 58.9 Å². The number of benzene rings is 2. The third-order valence-corrected chi connectivity index (χ3v) is 6.61. The Morgan fingerprint density at radius 1 is 1.12 bits per heavy atom. The maximum Gasteiger partial charge on any atom is 0.219 e. The fraction of sp³-hybridized carbons (Fsp3) is 0.385. The number of nitrogens with zero attached hydrogens (tertiary/aromatic N) is 3. The zero-order chi connectivity index (χ0) is 23.8. The number of nitrogens with one attached hydrogen (secondary N) is 1. The fourth-order valence-corrected chi connectivity index (χ4v) is 4.89. The fourth-order valence-electron chi connectivity index (χ4n) is 3.94. The molecule has 6 nitrogen and oxygen atoms in total. The molecule has 0 aliphatic carbocycles. The third-order valence-electron chi connectivity index (χ3n) is 5.75. The zero-order valence-electron chi connectivity index (χ0n) is 19.5. The predicted molar refractivity (Wildman–Crippen MR) is 135 cm³/mol. The highest BCUT2D eigenvalue weighted by Crippen LogP contribution is 2.25. The molecule has 34 heavy (non-hydrogen) atoms. The molecule has 4 rings (SSSR count). The lowest BCUT2D eigenvalue weighted by Gasteiger charge is -2.28. The summed E-state index contributed by atoms with van der Waals surface area (Å²) in [5, 5.41) is 5.10. The lowest BCUT2D eigenvalue weighted by molar-refractivity contribution is -0.121. The maximum atomic E-state index is 13.3. The van der Waals surface area contributed by atoms with Gasteiger partial charge < -0.3 is 19.5 Å². The molecular formula is C26H31FN4O2S. The standard InChI is InChI=1S/C26H31FN4O2S/c1-2-4-25(32)28-13-3-14-31-24(19-34-26(31)29-22-9-7-21(27)8-10-22)20-5-11-23(12-6-20)30-15-17-33-18-16-30/h5-12,19H,2-4,13-18H2,1H3,(H,28,32). The number of carbonyl (C=O) groups excluding carboxylic acids is 1. The second kappa shape index (κ2) is 11.9. The molecule has 1 fully saturated rings. The van der Waals surface area contributed by atoms with E-state index in [0.717, 1.165) is 61.7 Å². The van der Waals surface area contributed by atoms with Crippen molar-refractivity contribution >= 4 is 28.6 Å². The minimum Gasteiger partial charge on any atom is -0.378 e. The molecule has 8 heteroatoms. The van der Waals surface area contributed by atoms with Gasteiger partial charge in [-0.3, -0.25) is 4.79 Å². The van der Waals surface area contributed by atoms with Gasteiger partial charge >= 0.3 is 0 Å². The van der Waals surface area contributed by atoms with E-state index in [9.17, 15) is 9.18 Å². The van der Waals surface area contributed by atoms with E-state index in [4.69, 9.17) is 9.73 Å². The van der Waals surface area contributed by atoms with Crippen molar-refractivity contribution in [1.82, 2.24) is 9.88 Å². The number of thiazole rings is 1. The van der Waals surface area contributed by atoms with Gasteiger partial charge in [0.15, 0.2) is 4.80 Å². The second-order valence-electron chi connectivity index (χ2n) is 8.24. The number of ether oxygens (including phenoxy) is 1. The van der Waals surface area contributed by atoms with Crippen molar-refractivity contribution in [3.8, 4) is 11.3 Å². The average Bonchev–Trinajstić information content (AvgIpc) is 3.26. The molecule has 0 bridgehead atoms. The summed E-state index contributed by atoms with van der Waals surface area (Å²) in [5.74, 6) is -0.185. The SMILES string of the molecule is CCCC(=O)NCCCn1c(-c2ccc(N3CCOCC3)cc2)csc1=Nc1ccc(F)cc1. The van der Waals surface area contributed by atoms with E-state index in [-0.39, 0.29) is 11.7 Å². The maximum absolute atomic E-state index is 13.3. The molecule has 3 aromatic rings. The highest BCUT2D eigenvalue weighted by Gasteiger charge is 2.13. The Balaban J connectivity index is 1.57. The number of hydrogen-bond acceptors (Lipinski definition) is 5. The number of rotatable bonds is 9. The van der Waals surface area contributed by atoms with E-state index in [1.165, 1.54) is 17.8 Å². The molecule has 0 atom stereocenters. The molecule has 0 unspecified atom stereocenters. The minimum atomic E-state index is -0.276. The van der Waals surface area contributed by atoms with Gasteiger partial charge in [-0.25, -0.2) is 9.38 Å². The summed E-state index contributed by atoms with van der Waals surface area (Å²) in [6.07, 6.45) is 2.19. The molecule has 1 aromatic heterocycles. The number of halogens is 1. The first kappa shape index (κ1) is 24.2. The van der Waals surface area contributed by atoms with Crippen LogP contribution in [0, 0.1) is 5.82 Å². The Hall–Kier alpha value is -2.97. The summed E-state index contributed by atoms with van der Waals surface area (Å²) >= 11 is 1.56. The van der Waals surface area contributed by atoms with Gasteiger partial charge in [0.2, 0.25) is 5.91 Å². The van der Waals surface area contributed by atoms with Crippen LogP contribution < -0.4 is 15.0 Å². The van der Waals surface area contributed by atoms with Crippen LogP contribution in [0.3, 0.4) is 0 Å². The normalized spacial score (nSPS) is 14.4. The van der Waals surface area contributed by atoms with Gasteiger partial charge in [-0.05, 0) is 54.8 Å². The molecular weight excluding hydrogens is 451 g/mol. The Labute approximate surface area is 203 Å². The van der Waals surface area contributed by atoms with Crippen LogP contribution in [0.4, 0.5) is 15.8 Å². The smallest absolute Gasteiger partial charge is 0.219 e. The largest absolute Gasteiger partial charge is 0.378 e. The van der Waals surface area contributed by atoms with E-state index in [2.05, 4.69) is 44.4 Å². The molecule has 2 aromatic carbocycles. The molecule has 1 saturated heterocycles. The van der Waals surface area contributed by atoms with Crippen LogP contribution in [-0.4, -0.2) is 43.3 Å². The van der Waals surface area contributed by atoms with E-state index in [1.54, 1.807) is 23.5 Å². The van der Waals surface area contributed by atoms with Crippen molar-refractivity contribution in [1.29, 1.82) is 0 Å². The van der Waals surface area contributed by atoms with Gasteiger partial charge in [0.25, 0.3) is 0 Å². The molecule has 0 radical (unpaired) electrons. The molecule has 1 aliphatic heterocycles. The minimum absolute atomic E-state index is 0.0907. The lowest BCUT2D eigenvalue weighted by Crippen LogP contribution is -2.36. The van der Waals surface area contributed by atoms with Crippen LogP contribution in [0.2, 0.25) is 0 Å². The predicted octanol–water partition coefficient (Wildman–Crippen LogP) is 4.73. The molecule has 0 saturated carbocycles. The number of morpholine rings is 1. The highest BCUT2D eigenvalue weighted by atomic mass is 32.1. The Morgan fingerprint density at radius 2 is 1.85 bits per heavy atom. The number of anilines is 1. The van der Waals surface area contributed by atoms with E-state index < -0.39 is 0 Å². The molecule has 1 amide bonds. The van der Waals surface area contributed by atoms with Crippen molar-refractivity contribution in [2.45, 2.75) is 32.7 Å². The number of hydrogen-bond donors (Lipinski definition) is 1. The summed E-state index contributed by atoms with van der Waals surface area (Å²) < 4.78 is 21.0. The summed E-state index contributed by atoms with van der Waals surface area (Å²) in [5.41, 5.74) is 4.11. The van der Waals surface area contributed by atoms with Crippen molar-refractivity contribution in [3.05, 3.63) is 64.5 Å². The van der Waals surface area contributed by atoms with E-state index >= 15 is 0 Å². The van der Waals surface area contributed by atoms with Crippen LogP contribution in [-0.2, 0) is 16.1 Å². The van der Waals surface area contributed by atoms with E-state index in [0.29, 0.717) is 18.7 Å². The Morgan fingerprint density at radius 3 is 2.56 bits per heavy atom. The van der Waals surface area contributed by atoms with Crippen LogP contribution in [0.25, 0.3) is 11.3 Å². The zero-order valence-corrected chi connectivity index (χ0v) is 20.3. The Kier molecular flexibility index (Phi) is 8.49. The first-order chi connectivity index (χ1) is 16.6. The third kappa shape index (κ3) is 6.33. The molecule has 1 aliphatic rings. The van der Waals surface area contributed by atoms with Crippen LogP contribution in [0.1, 0.15) is 26.2 Å².